The summed E-state index contributed by atoms with van der Waals surface area (Å²) in [6.07, 6.45) is 1.51. The molecule has 0 aliphatic carbocycles. The molecule has 2 heterocycles. The SMILES string of the molecule is Cc1[nH]c(-c2ncc(Cl)cc2Cl)nc(=S)c1Br. The summed E-state index contributed by atoms with van der Waals surface area (Å²) in [5, 5.41) is 0.906. The number of aromatic nitrogens is 3. The molecular weight excluding hydrogens is 345 g/mol. The topological polar surface area (TPSA) is 41.6 Å². The van der Waals surface area contributed by atoms with Gasteiger partial charge in [-0.3, -0.25) is 0 Å². The maximum atomic E-state index is 6.06. The van der Waals surface area contributed by atoms with Crippen molar-refractivity contribution in [3.8, 4) is 11.5 Å². The van der Waals surface area contributed by atoms with E-state index < -0.39 is 0 Å². The normalized spacial score (nSPS) is 10.6. The molecule has 2 rings (SSSR count). The zero-order valence-corrected chi connectivity index (χ0v) is 12.5. The van der Waals surface area contributed by atoms with Crippen LogP contribution in [0.3, 0.4) is 0 Å². The monoisotopic (exact) mass is 349 g/mol. The van der Waals surface area contributed by atoms with E-state index in [0.29, 0.717) is 26.2 Å². The highest BCUT2D eigenvalue weighted by Crippen LogP contribution is 2.27. The average Bonchev–Trinajstić information content (AvgIpc) is 2.25. The van der Waals surface area contributed by atoms with Crippen LogP contribution >= 0.6 is 51.3 Å². The van der Waals surface area contributed by atoms with Gasteiger partial charge in [0.05, 0.1) is 14.5 Å². The Morgan fingerprint density at radius 3 is 2.71 bits per heavy atom. The molecule has 17 heavy (non-hydrogen) atoms. The van der Waals surface area contributed by atoms with Crippen LogP contribution in [-0.2, 0) is 0 Å². The molecule has 0 radical (unpaired) electrons. The number of halogens is 3. The minimum atomic E-state index is 0.428. The Labute approximate surface area is 121 Å². The predicted octanol–water partition coefficient (Wildman–Crippen LogP) is 4.58. The van der Waals surface area contributed by atoms with Crippen molar-refractivity contribution in [1.29, 1.82) is 0 Å². The molecule has 0 amide bonds. The minimum Gasteiger partial charge on any atom is -0.341 e. The highest BCUT2D eigenvalue weighted by molar-refractivity contribution is 9.10. The zero-order valence-electron chi connectivity index (χ0n) is 8.59. The largest absolute Gasteiger partial charge is 0.341 e. The molecular formula is C10H6BrCl2N3S. The lowest BCUT2D eigenvalue weighted by Crippen LogP contribution is -1.96. The third kappa shape index (κ3) is 2.68. The lowest BCUT2D eigenvalue weighted by atomic mass is 10.3. The maximum absolute atomic E-state index is 6.06. The molecule has 0 spiro atoms. The summed E-state index contributed by atoms with van der Waals surface area (Å²) >= 11 is 20.3. The first-order valence-corrected chi connectivity index (χ1v) is 6.52. The molecule has 3 nitrogen and oxygen atoms in total. The molecule has 0 aromatic carbocycles. The fourth-order valence-electron chi connectivity index (χ4n) is 1.27. The van der Waals surface area contributed by atoms with Gasteiger partial charge in [-0.1, -0.05) is 35.4 Å². The van der Waals surface area contributed by atoms with Crippen LogP contribution in [0.25, 0.3) is 11.5 Å². The summed E-state index contributed by atoms with van der Waals surface area (Å²) in [7, 11) is 0. The van der Waals surface area contributed by atoms with Gasteiger partial charge < -0.3 is 4.98 Å². The molecule has 0 atom stereocenters. The van der Waals surface area contributed by atoms with Crippen LogP contribution in [0.15, 0.2) is 16.7 Å². The van der Waals surface area contributed by atoms with Crippen LogP contribution in [0, 0.1) is 11.6 Å². The standard InChI is InChI=1S/C10H6BrCl2N3S/c1-4-7(11)10(17)16-9(15-4)8-6(13)2-5(12)3-14-8/h2-3H,1H3,(H,15,16,17). The lowest BCUT2D eigenvalue weighted by molar-refractivity contribution is 1.06. The van der Waals surface area contributed by atoms with E-state index in [2.05, 4.69) is 30.9 Å². The minimum absolute atomic E-state index is 0.428. The van der Waals surface area contributed by atoms with Gasteiger partial charge in [0, 0.05) is 11.9 Å². The van der Waals surface area contributed by atoms with Crippen molar-refractivity contribution < 1.29 is 0 Å². The van der Waals surface area contributed by atoms with Crippen molar-refractivity contribution in [2.24, 2.45) is 0 Å². The second-order valence-corrected chi connectivity index (χ2v) is 5.34. The van der Waals surface area contributed by atoms with Crippen LogP contribution in [0.4, 0.5) is 0 Å². The Morgan fingerprint density at radius 2 is 2.12 bits per heavy atom. The van der Waals surface area contributed by atoms with E-state index in [0.717, 1.165) is 10.2 Å². The van der Waals surface area contributed by atoms with E-state index in [1.807, 2.05) is 6.92 Å². The number of nitrogens with one attached hydrogen (secondary N) is 1. The maximum Gasteiger partial charge on any atom is 0.159 e. The molecule has 1 N–H and O–H groups in total. The number of pyridine rings is 1. The molecule has 0 saturated heterocycles. The van der Waals surface area contributed by atoms with E-state index in [1.54, 1.807) is 6.07 Å². The fraction of sp³-hybridized carbons (Fsp3) is 0.100. The Bertz CT molecular complexity index is 642. The molecule has 88 valence electrons. The molecule has 0 bridgehead atoms. The Hall–Kier alpha value is -0.490. The molecule has 0 aliphatic heterocycles. The smallest absolute Gasteiger partial charge is 0.159 e. The van der Waals surface area contributed by atoms with Crippen molar-refractivity contribution in [2.75, 3.05) is 0 Å². The molecule has 0 saturated carbocycles. The number of hydrogen-bond donors (Lipinski definition) is 1. The number of aryl methyl sites for hydroxylation is 1. The lowest BCUT2D eigenvalue weighted by Gasteiger charge is -2.06. The number of hydrogen-bond acceptors (Lipinski definition) is 3. The molecule has 0 fully saturated rings. The van der Waals surface area contributed by atoms with Crippen LogP contribution < -0.4 is 0 Å². The first-order valence-electron chi connectivity index (χ1n) is 4.57. The second kappa shape index (κ2) is 5.02. The summed E-state index contributed by atoms with van der Waals surface area (Å²) < 4.78 is 1.23. The van der Waals surface area contributed by atoms with Gasteiger partial charge in [-0.05, 0) is 28.9 Å². The van der Waals surface area contributed by atoms with Crippen molar-refractivity contribution in [2.45, 2.75) is 6.92 Å². The van der Waals surface area contributed by atoms with Gasteiger partial charge in [0.2, 0.25) is 0 Å². The average molecular weight is 351 g/mol. The molecule has 2 aromatic rings. The predicted molar refractivity (Wildman–Crippen MR) is 75.1 cm³/mol. The fourth-order valence-corrected chi connectivity index (χ4v) is 2.17. The second-order valence-electron chi connectivity index (χ2n) is 3.31. The molecule has 2 aromatic heterocycles. The van der Waals surface area contributed by atoms with E-state index >= 15 is 0 Å². The number of aromatic amines is 1. The quantitative estimate of drug-likeness (QED) is 0.765. The summed E-state index contributed by atoms with van der Waals surface area (Å²) in [6.45, 7) is 1.88. The third-order valence-electron chi connectivity index (χ3n) is 2.07. The van der Waals surface area contributed by atoms with Gasteiger partial charge >= 0.3 is 0 Å². The first kappa shape index (κ1) is 13.0. The van der Waals surface area contributed by atoms with Gasteiger partial charge in [-0.15, -0.1) is 0 Å². The number of rotatable bonds is 1. The molecule has 0 unspecified atom stereocenters. The van der Waals surface area contributed by atoms with Crippen molar-refractivity contribution >= 4 is 51.3 Å². The van der Waals surface area contributed by atoms with Crippen LogP contribution in [0.1, 0.15) is 5.69 Å². The summed E-state index contributed by atoms with van der Waals surface area (Å²) in [5.41, 5.74) is 1.39. The third-order valence-corrected chi connectivity index (χ3v) is 4.09. The molecule has 0 aliphatic rings. The van der Waals surface area contributed by atoms with Crippen molar-refractivity contribution in [3.63, 3.8) is 0 Å². The van der Waals surface area contributed by atoms with Crippen LogP contribution in [-0.4, -0.2) is 15.0 Å². The number of nitrogens with zero attached hydrogens (tertiary/aromatic N) is 2. The Morgan fingerprint density at radius 1 is 1.41 bits per heavy atom. The van der Waals surface area contributed by atoms with E-state index in [9.17, 15) is 0 Å². The Balaban J connectivity index is 2.65. The first-order chi connectivity index (χ1) is 7.99. The van der Waals surface area contributed by atoms with Gasteiger partial charge in [-0.25, -0.2) is 9.97 Å². The van der Waals surface area contributed by atoms with Crippen LogP contribution in [0.2, 0.25) is 10.0 Å². The number of H-pyrrole nitrogens is 1. The van der Waals surface area contributed by atoms with Gasteiger partial charge in [0.1, 0.15) is 10.3 Å². The summed E-state index contributed by atoms with van der Waals surface area (Å²) in [5.74, 6) is 0.525. The van der Waals surface area contributed by atoms with E-state index in [1.165, 1.54) is 6.20 Å². The highest BCUT2D eigenvalue weighted by Gasteiger charge is 2.10. The summed E-state index contributed by atoms with van der Waals surface area (Å²) in [6, 6.07) is 1.61. The van der Waals surface area contributed by atoms with E-state index in [4.69, 9.17) is 35.4 Å². The zero-order chi connectivity index (χ0) is 12.6. The summed E-state index contributed by atoms with van der Waals surface area (Å²) in [4.78, 5) is 11.4. The van der Waals surface area contributed by atoms with E-state index in [-0.39, 0.29) is 0 Å². The van der Waals surface area contributed by atoms with Crippen molar-refractivity contribution in [3.05, 3.63) is 37.1 Å². The van der Waals surface area contributed by atoms with Gasteiger partial charge in [0.15, 0.2) is 5.82 Å². The van der Waals surface area contributed by atoms with Crippen LogP contribution in [0.5, 0.6) is 0 Å². The van der Waals surface area contributed by atoms with Gasteiger partial charge in [-0.2, -0.15) is 0 Å². The van der Waals surface area contributed by atoms with Crippen molar-refractivity contribution in [1.82, 2.24) is 15.0 Å². The van der Waals surface area contributed by atoms with Gasteiger partial charge in [0.25, 0.3) is 0 Å². The molecule has 7 heteroatoms. The highest BCUT2D eigenvalue weighted by atomic mass is 79.9. The Kier molecular flexibility index (Phi) is 3.82.